The fraction of sp³-hybridized carbons (Fsp3) is 0.333. The molecule has 7 heteroatoms. The molecular weight excluding hydrogens is 262 g/mol. The minimum Gasteiger partial charge on any atom is -0.346 e. The highest BCUT2D eigenvalue weighted by Gasteiger charge is 2.17. The monoisotopic (exact) mass is 277 g/mol. The highest BCUT2D eigenvalue weighted by atomic mass is 32.2. The molecule has 0 aliphatic rings. The molecule has 2 heterocycles. The molecular formula is C12H15N5OS. The Morgan fingerprint density at radius 2 is 2.21 bits per heavy atom. The predicted molar refractivity (Wildman–Crippen MR) is 73.0 cm³/mol. The number of nitrogens with zero attached hydrogens (tertiary/aromatic N) is 3. The Morgan fingerprint density at radius 1 is 1.42 bits per heavy atom. The molecule has 2 aromatic heterocycles. The predicted octanol–water partition coefficient (Wildman–Crippen LogP) is 1.47. The number of thioether (sulfide) groups is 1. The van der Waals surface area contributed by atoms with E-state index in [9.17, 15) is 4.79 Å². The molecule has 19 heavy (non-hydrogen) atoms. The molecule has 2 N–H and O–H groups in total. The number of aromatic amines is 1. The average Bonchev–Trinajstić information content (AvgIpc) is 2.88. The van der Waals surface area contributed by atoms with Crippen LogP contribution >= 0.6 is 11.8 Å². The van der Waals surface area contributed by atoms with E-state index < -0.39 is 0 Å². The molecule has 0 aliphatic carbocycles. The van der Waals surface area contributed by atoms with Crippen LogP contribution in [-0.4, -0.2) is 32.3 Å². The first-order chi connectivity index (χ1) is 9.11. The number of carbonyl (C=O) groups is 1. The molecule has 0 saturated heterocycles. The van der Waals surface area contributed by atoms with Crippen LogP contribution in [0, 0.1) is 13.8 Å². The summed E-state index contributed by atoms with van der Waals surface area (Å²) < 4.78 is 0. The van der Waals surface area contributed by atoms with Gasteiger partial charge in [-0.2, -0.15) is 5.10 Å². The summed E-state index contributed by atoms with van der Waals surface area (Å²) in [5.74, 6) is 0.503. The van der Waals surface area contributed by atoms with Gasteiger partial charge in [0, 0.05) is 6.20 Å². The molecule has 0 bridgehead atoms. The second kappa shape index (κ2) is 5.83. The van der Waals surface area contributed by atoms with Crippen LogP contribution < -0.4 is 5.32 Å². The van der Waals surface area contributed by atoms with Gasteiger partial charge in [0.05, 0.1) is 23.5 Å². The van der Waals surface area contributed by atoms with Gasteiger partial charge in [0.1, 0.15) is 10.9 Å². The first kappa shape index (κ1) is 13.5. The summed E-state index contributed by atoms with van der Waals surface area (Å²) in [6.45, 7) is 4.04. The summed E-state index contributed by atoms with van der Waals surface area (Å²) in [5, 5.41) is 10.2. The zero-order valence-electron chi connectivity index (χ0n) is 11.0. The standard InChI is InChI=1S/C12H15N5OS/c1-7-10(12(19-3)16-8(2)15-7)11(18)13-6-9-4-5-14-17-9/h4-5H,6H2,1-3H3,(H,13,18)(H,14,17). The van der Waals surface area contributed by atoms with Crippen LogP contribution in [0.25, 0.3) is 0 Å². The van der Waals surface area contributed by atoms with Crippen molar-refractivity contribution in [3.05, 3.63) is 35.0 Å². The van der Waals surface area contributed by atoms with Gasteiger partial charge < -0.3 is 5.32 Å². The van der Waals surface area contributed by atoms with E-state index in [1.165, 1.54) is 11.8 Å². The maximum Gasteiger partial charge on any atom is 0.256 e. The summed E-state index contributed by atoms with van der Waals surface area (Å²) in [6.07, 6.45) is 3.54. The van der Waals surface area contributed by atoms with Gasteiger partial charge in [-0.05, 0) is 26.2 Å². The number of nitrogens with one attached hydrogen (secondary N) is 2. The zero-order chi connectivity index (χ0) is 13.8. The molecule has 0 radical (unpaired) electrons. The minimum atomic E-state index is -0.170. The van der Waals surface area contributed by atoms with Crippen molar-refractivity contribution in [1.82, 2.24) is 25.5 Å². The number of H-pyrrole nitrogens is 1. The minimum absolute atomic E-state index is 0.170. The van der Waals surface area contributed by atoms with E-state index in [0.717, 1.165) is 5.69 Å². The quantitative estimate of drug-likeness (QED) is 0.653. The second-order valence-corrected chi connectivity index (χ2v) is 4.80. The highest BCUT2D eigenvalue weighted by molar-refractivity contribution is 7.98. The number of aromatic nitrogens is 4. The molecule has 0 aliphatic heterocycles. The third-order valence-electron chi connectivity index (χ3n) is 2.59. The normalized spacial score (nSPS) is 10.5. The Bertz CT molecular complexity index is 582. The summed E-state index contributed by atoms with van der Waals surface area (Å²) in [7, 11) is 0. The lowest BCUT2D eigenvalue weighted by molar-refractivity contribution is 0.0945. The van der Waals surface area contributed by atoms with Gasteiger partial charge in [-0.25, -0.2) is 9.97 Å². The summed E-state index contributed by atoms with van der Waals surface area (Å²) in [4.78, 5) is 20.7. The fourth-order valence-corrected chi connectivity index (χ4v) is 2.41. The van der Waals surface area contributed by atoms with E-state index in [-0.39, 0.29) is 5.91 Å². The number of carbonyl (C=O) groups excluding carboxylic acids is 1. The molecule has 0 spiro atoms. The van der Waals surface area contributed by atoms with Gasteiger partial charge in [-0.3, -0.25) is 9.89 Å². The van der Waals surface area contributed by atoms with Crippen LogP contribution in [0.15, 0.2) is 17.3 Å². The van der Waals surface area contributed by atoms with E-state index in [2.05, 4.69) is 25.5 Å². The van der Waals surface area contributed by atoms with Crippen molar-refractivity contribution in [3.8, 4) is 0 Å². The first-order valence-corrected chi connectivity index (χ1v) is 7.00. The Labute approximate surface area is 115 Å². The zero-order valence-corrected chi connectivity index (χ0v) is 11.8. The molecule has 0 aromatic carbocycles. The lowest BCUT2D eigenvalue weighted by Crippen LogP contribution is -2.25. The van der Waals surface area contributed by atoms with Gasteiger partial charge in [0.2, 0.25) is 0 Å². The number of hydrogen-bond acceptors (Lipinski definition) is 5. The molecule has 0 unspecified atom stereocenters. The average molecular weight is 277 g/mol. The van der Waals surface area contributed by atoms with E-state index in [0.29, 0.717) is 28.7 Å². The van der Waals surface area contributed by atoms with Crippen LogP contribution in [0.4, 0.5) is 0 Å². The molecule has 0 fully saturated rings. The summed E-state index contributed by atoms with van der Waals surface area (Å²) in [6, 6.07) is 1.81. The van der Waals surface area contributed by atoms with Crippen molar-refractivity contribution in [2.45, 2.75) is 25.4 Å². The van der Waals surface area contributed by atoms with Crippen LogP contribution in [0.2, 0.25) is 0 Å². The second-order valence-electron chi connectivity index (χ2n) is 4.01. The fourth-order valence-electron chi connectivity index (χ4n) is 1.74. The first-order valence-electron chi connectivity index (χ1n) is 5.77. The number of aryl methyl sites for hydroxylation is 2. The SMILES string of the molecule is CSc1nc(C)nc(C)c1C(=O)NCc1ccn[nH]1. The molecule has 6 nitrogen and oxygen atoms in total. The molecule has 100 valence electrons. The van der Waals surface area contributed by atoms with Crippen LogP contribution in [0.3, 0.4) is 0 Å². The van der Waals surface area contributed by atoms with Gasteiger partial charge in [-0.1, -0.05) is 0 Å². The van der Waals surface area contributed by atoms with Gasteiger partial charge >= 0.3 is 0 Å². The van der Waals surface area contributed by atoms with Gasteiger partial charge in [0.25, 0.3) is 5.91 Å². The van der Waals surface area contributed by atoms with E-state index in [4.69, 9.17) is 0 Å². The molecule has 0 atom stereocenters. The maximum atomic E-state index is 12.2. The van der Waals surface area contributed by atoms with Crippen LogP contribution in [0.5, 0.6) is 0 Å². The lowest BCUT2D eigenvalue weighted by atomic mass is 10.2. The topological polar surface area (TPSA) is 83.6 Å². The van der Waals surface area contributed by atoms with Crippen LogP contribution in [0.1, 0.15) is 27.6 Å². The van der Waals surface area contributed by atoms with E-state index in [1.54, 1.807) is 6.20 Å². The molecule has 2 rings (SSSR count). The van der Waals surface area contributed by atoms with Crippen molar-refractivity contribution in [2.75, 3.05) is 6.26 Å². The highest BCUT2D eigenvalue weighted by Crippen LogP contribution is 2.20. The lowest BCUT2D eigenvalue weighted by Gasteiger charge is -2.10. The van der Waals surface area contributed by atoms with Crippen LogP contribution in [-0.2, 0) is 6.54 Å². The third-order valence-corrected chi connectivity index (χ3v) is 3.27. The van der Waals surface area contributed by atoms with Crippen molar-refractivity contribution in [2.24, 2.45) is 0 Å². The Hall–Kier alpha value is -1.89. The van der Waals surface area contributed by atoms with Gasteiger partial charge in [-0.15, -0.1) is 11.8 Å². The van der Waals surface area contributed by atoms with Crippen molar-refractivity contribution in [1.29, 1.82) is 0 Å². The smallest absolute Gasteiger partial charge is 0.256 e. The number of hydrogen-bond donors (Lipinski definition) is 2. The molecule has 1 amide bonds. The van der Waals surface area contributed by atoms with Crippen molar-refractivity contribution < 1.29 is 4.79 Å². The number of rotatable bonds is 4. The van der Waals surface area contributed by atoms with Crippen molar-refractivity contribution >= 4 is 17.7 Å². The molecule has 2 aromatic rings. The Balaban J connectivity index is 2.18. The Kier molecular flexibility index (Phi) is 4.16. The summed E-state index contributed by atoms with van der Waals surface area (Å²) in [5.41, 5.74) is 2.08. The maximum absolute atomic E-state index is 12.2. The van der Waals surface area contributed by atoms with E-state index >= 15 is 0 Å². The summed E-state index contributed by atoms with van der Waals surface area (Å²) >= 11 is 1.44. The third kappa shape index (κ3) is 3.11. The van der Waals surface area contributed by atoms with Crippen molar-refractivity contribution in [3.63, 3.8) is 0 Å². The van der Waals surface area contributed by atoms with Gasteiger partial charge in [0.15, 0.2) is 0 Å². The van der Waals surface area contributed by atoms with E-state index in [1.807, 2.05) is 26.2 Å². The Morgan fingerprint density at radius 3 is 2.84 bits per heavy atom. The largest absolute Gasteiger partial charge is 0.346 e. The molecule has 0 saturated carbocycles. The number of amides is 1.